The zero-order valence-electron chi connectivity index (χ0n) is 11.7. The predicted octanol–water partition coefficient (Wildman–Crippen LogP) is 3.84. The van der Waals surface area contributed by atoms with Gasteiger partial charge in [-0.15, -0.1) is 0 Å². The first-order chi connectivity index (χ1) is 9.86. The molecule has 0 aliphatic heterocycles. The standard InChI is InChI=1S/C16H15ClN2OS/c1-9-5-10(2)7-12(6-9)16(20)19-14-4-3-11(15(18)21)8-13(14)17/h3-8H,1-2H3,(H2,18,21)(H,19,20). The molecule has 0 bridgehead atoms. The Balaban J connectivity index is 2.25. The molecule has 0 saturated heterocycles. The Bertz CT molecular complexity index is 708. The smallest absolute Gasteiger partial charge is 0.255 e. The summed E-state index contributed by atoms with van der Waals surface area (Å²) in [4.78, 5) is 12.5. The SMILES string of the molecule is Cc1cc(C)cc(C(=O)Nc2ccc(C(N)=S)cc2Cl)c1. The second-order valence-corrected chi connectivity index (χ2v) is 5.74. The van der Waals surface area contributed by atoms with Crippen molar-refractivity contribution >= 4 is 40.4 Å². The number of nitrogens with two attached hydrogens (primary N) is 1. The number of halogens is 1. The predicted molar refractivity (Wildman–Crippen MR) is 91.2 cm³/mol. The zero-order chi connectivity index (χ0) is 15.6. The van der Waals surface area contributed by atoms with Crippen LogP contribution in [0, 0.1) is 13.8 Å². The van der Waals surface area contributed by atoms with Crippen molar-refractivity contribution in [3.05, 3.63) is 63.7 Å². The first kappa shape index (κ1) is 15.5. The van der Waals surface area contributed by atoms with E-state index in [4.69, 9.17) is 29.6 Å². The van der Waals surface area contributed by atoms with Crippen molar-refractivity contribution in [2.24, 2.45) is 5.73 Å². The fraction of sp³-hybridized carbons (Fsp3) is 0.125. The summed E-state index contributed by atoms with van der Waals surface area (Å²) < 4.78 is 0. The van der Waals surface area contributed by atoms with Crippen molar-refractivity contribution < 1.29 is 4.79 Å². The van der Waals surface area contributed by atoms with E-state index in [-0.39, 0.29) is 10.9 Å². The van der Waals surface area contributed by atoms with Gasteiger partial charge in [-0.1, -0.05) is 41.0 Å². The van der Waals surface area contributed by atoms with Crippen LogP contribution >= 0.6 is 23.8 Å². The maximum atomic E-state index is 12.3. The molecule has 2 aromatic rings. The molecular weight excluding hydrogens is 304 g/mol. The van der Waals surface area contributed by atoms with Gasteiger partial charge in [-0.25, -0.2) is 0 Å². The van der Waals surface area contributed by atoms with Crippen molar-refractivity contribution in [2.45, 2.75) is 13.8 Å². The number of rotatable bonds is 3. The van der Waals surface area contributed by atoms with E-state index >= 15 is 0 Å². The molecule has 2 rings (SSSR count). The largest absolute Gasteiger partial charge is 0.389 e. The summed E-state index contributed by atoms with van der Waals surface area (Å²) in [6, 6.07) is 10.7. The van der Waals surface area contributed by atoms with E-state index in [2.05, 4.69) is 5.32 Å². The topological polar surface area (TPSA) is 55.1 Å². The van der Waals surface area contributed by atoms with Crippen LogP contribution in [0.3, 0.4) is 0 Å². The van der Waals surface area contributed by atoms with Gasteiger partial charge in [-0.3, -0.25) is 4.79 Å². The number of thiocarbonyl (C=S) groups is 1. The first-order valence-corrected chi connectivity index (χ1v) is 7.14. The van der Waals surface area contributed by atoms with Gasteiger partial charge in [0.05, 0.1) is 10.7 Å². The Labute approximate surface area is 134 Å². The Morgan fingerprint density at radius 1 is 1.10 bits per heavy atom. The molecule has 0 radical (unpaired) electrons. The van der Waals surface area contributed by atoms with Crippen LogP contribution in [0.5, 0.6) is 0 Å². The van der Waals surface area contributed by atoms with Gasteiger partial charge in [0.2, 0.25) is 0 Å². The molecule has 108 valence electrons. The number of anilines is 1. The molecule has 0 unspecified atom stereocenters. The monoisotopic (exact) mass is 318 g/mol. The number of carbonyl (C=O) groups excluding carboxylic acids is 1. The third kappa shape index (κ3) is 3.80. The fourth-order valence-corrected chi connectivity index (χ4v) is 2.42. The van der Waals surface area contributed by atoms with Crippen molar-refractivity contribution in [3.63, 3.8) is 0 Å². The minimum atomic E-state index is -0.202. The van der Waals surface area contributed by atoms with E-state index < -0.39 is 0 Å². The highest BCUT2D eigenvalue weighted by molar-refractivity contribution is 7.80. The fourth-order valence-electron chi connectivity index (χ4n) is 2.07. The highest BCUT2D eigenvalue weighted by Gasteiger charge is 2.10. The second-order valence-electron chi connectivity index (χ2n) is 4.89. The van der Waals surface area contributed by atoms with Gasteiger partial charge in [0.1, 0.15) is 4.99 Å². The van der Waals surface area contributed by atoms with E-state index in [0.717, 1.165) is 11.1 Å². The van der Waals surface area contributed by atoms with Gasteiger partial charge < -0.3 is 11.1 Å². The molecule has 3 N–H and O–H groups in total. The van der Waals surface area contributed by atoms with Gasteiger partial charge in [-0.05, 0) is 44.2 Å². The van der Waals surface area contributed by atoms with E-state index in [0.29, 0.717) is 21.8 Å². The molecule has 0 aromatic heterocycles. The molecule has 0 spiro atoms. The number of amides is 1. The lowest BCUT2D eigenvalue weighted by atomic mass is 10.1. The molecule has 0 aliphatic rings. The first-order valence-electron chi connectivity index (χ1n) is 6.36. The number of nitrogens with one attached hydrogen (secondary N) is 1. The Hall–Kier alpha value is -1.91. The molecule has 0 saturated carbocycles. The maximum Gasteiger partial charge on any atom is 0.255 e. The maximum absolute atomic E-state index is 12.3. The molecular formula is C16H15ClN2OS. The molecule has 0 fully saturated rings. The van der Waals surface area contributed by atoms with Gasteiger partial charge in [0, 0.05) is 11.1 Å². The van der Waals surface area contributed by atoms with Gasteiger partial charge in [0.25, 0.3) is 5.91 Å². The lowest BCUT2D eigenvalue weighted by Crippen LogP contribution is -2.14. The Morgan fingerprint density at radius 2 is 1.71 bits per heavy atom. The molecule has 2 aromatic carbocycles. The normalized spacial score (nSPS) is 10.2. The molecule has 0 atom stereocenters. The summed E-state index contributed by atoms with van der Waals surface area (Å²) in [5.41, 5.74) is 9.41. The molecule has 1 amide bonds. The third-order valence-electron chi connectivity index (χ3n) is 2.99. The number of aryl methyl sites for hydroxylation is 2. The molecule has 0 aliphatic carbocycles. The number of hydrogen-bond donors (Lipinski definition) is 2. The zero-order valence-corrected chi connectivity index (χ0v) is 13.3. The molecule has 21 heavy (non-hydrogen) atoms. The van der Waals surface area contributed by atoms with Crippen molar-refractivity contribution in [1.82, 2.24) is 0 Å². The molecule has 3 nitrogen and oxygen atoms in total. The van der Waals surface area contributed by atoms with E-state index in [1.807, 2.05) is 32.0 Å². The van der Waals surface area contributed by atoms with Crippen LogP contribution in [0.2, 0.25) is 5.02 Å². The van der Waals surface area contributed by atoms with Crippen molar-refractivity contribution in [2.75, 3.05) is 5.32 Å². The van der Waals surface area contributed by atoms with Crippen LogP contribution < -0.4 is 11.1 Å². The van der Waals surface area contributed by atoms with E-state index in [1.165, 1.54) is 0 Å². The van der Waals surface area contributed by atoms with Crippen LogP contribution in [-0.2, 0) is 0 Å². The molecule has 0 heterocycles. The molecule has 5 heteroatoms. The lowest BCUT2D eigenvalue weighted by Gasteiger charge is -2.10. The lowest BCUT2D eigenvalue weighted by molar-refractivity contribution is 0.102. The summed E-state index contributed by atoms with van der Waals surface area (Å²) in [7, 11) is 0. The summed E-state index contributed by atoms with van der Waals surface area (Å²) in [6.45, 7) is 3.90. The Kier molecular flexibility index (Phi) is 4.60. The van der Waals surface area contributed by atoms with Crippen molar-refractivity contribution in [1.29, 1.82) is 0 Å². The van der Waals surface area contributed by atoms with E-state index in [1.54, 1.807) is 18.2 Å². The minimum absolute atomic E-state index is 0.202. The highest BCUT2D eigenvalue weighted by Crippen LogP contribution is 2.24. The van der Waals surface area contributed by atoms with Crippen LogP contribution in [0.1, 0.15) is 27.0 Å². The number of hydrogen-bond acceptors (Lipinski definition) is 2. The summed E-state index contributed by atoms with van der Waals surface area (Å²) in [5, 5.41) is 3.19. The summed E-state index contributed by atoms with van der Waals surface area (Å²) in [6.07, 6.45) is 0. The van der Waals surface area contributed by atoms with Crippen LogP contribution in [0.15, 0.2) is 36.4 Å². The highest BCUT2D eigenvalue weighted by atomic mass is 35.5. The average molecular weight is 319 g/mol. The van der Waals surface area contributed by atoms with Crippen LogP contribution in [0.4, 0.5) is 5.69 Å². The summed E-state index contributed by atoms with van der Waals surface area (Å²) >= 11 is 11.0. The number of benzene rings is 2. The van der Waals surface area contributed by atoms with Crippen LogP contribution in [-0.4, -0.2) is 10.9 Å². The second kappa shape index (κ2) is 6.24. The van der Waals surface area contributed by atoms with Crippen LogP contribution in [0.25, 0.3) is 0 Å². The van der Waals surface area contributed by atoms with Gasteiger partial charge >= 0.3 is 0 Å². The summed E-state index contributed by atoms with van der Waals surface area (Å²) in [5.74, 6) is -0.202. The minimum Gasteiger partial charge on any atom is -0.389 e. The average Bonchev–Trinajstić information content (AvgIpc) is 2.39. The number of carbonyl (C=O) groups is 1. The third-order valence-corrected chi connectivity index (χ3v) is 3.53. The van der Waals surface area contributed by atoms with E-state index in [9.17, 15) is 4.79 Å². The quantitative estimate of drug-likeness (QED) is 0.845. The van der Waals surface area contributed by atoms with Gasteiger partial charge in [0.15, 0.2) is 0 Å². The Morgan fingerprint density at radius 3 is 2.24 bits per heavy atom. The van der Waals surface area contributed by atoms with Gasteiger partial charge in [-0.2, -0.15) is 0 Å². The van der Waals surface area contributed by atoms with Crippen molar-refractivity contribution in [3.8, 4) is 0 Å².